The third-order valence-corrected chi connectivity index (χ3v) is 4.69. The van der Waals surface area contributed by atoms with Gasteiger partial charge in [0, 0.05) is 11.6 Å². The molecule has 2 aliphatic rings. The van der Waals surface area contributed by atoms with Gasteiger partial charge in [-0.2, -0.15) is 0 Å². The van der Waals surface area contributed by atoms with E-state index in [4.69, 9.17) is 10.5 Å². The van der Waals surface area contributed by atoms with Crippen molar-refractivity contribution in [2.24, 2.45) is 5.73 Å². The molecule has 0 bridgehead atoms. The molecule has 116 valence electrons. The minimum Gasteiger partial charge on any atom is -0.370 e. The van der Waals surface area contributed by atoms with Gasteiger partial charge < -0.3 is 15.8 Å². The van der Waals surface area contributed by atoms with Crippen molar-refractivity contribution in [1.29, 1.82) is 0 Å². The van der Waals surface area contributed by atoms with Crippen LogP contribution in [0.5, 0.6) is 0 Å². The summed E-state index contributed by atoms with van der Waals surface area (Å²) in [5.41, 5.74) is 6.17. The number of nitrogens with one attached hydrogen (secondary N) is 1. The predicted octanol–water partition coefficient (Wildman–Crippen LogP) is 2.50. The SMILES string of the molecule is NC1(COCC(=O)NC2CCCCC2)CCCCCC1. The van der Waals surface area contributed by atoms with Gasteiger partial charge in [-0.25, -0.2) is 0 Å². The number of nitrogens with two attached hydrogens (primary N) is 1. The highest BCUT2D eigenvalue weighted by molar-refractivity contribution is 5.77. The quantitative estimate of drug-likeness (QED) is 0.762. The predicted molar refractivity (Wildman–Crippen MR) is 80.5 cm³/mol. The van der Waals surface area contributed by atoms with Crippen molar-refractivity contribution in [2.45, 2.75) is 82.2 Å². The average Bonchev–Trinajstić information content (AvgIpc) is 2.65. The lowest BCUT2D eigenvalue weighted by Crippen LogP contribution is -2.45. The Kier molecular flexibility index (Phi) is 6.30. The first-order chi connectivity index (χ1) is 9.68. The van der Waals surface area contributed by atoms with E-state index in [9.17, 15) is 4.79 Å². The van der Waals surface area contributed by atoms with Gasteiger partial charge in [0.15, 0.2) is 0 Å². The summed E-state index contributed by atoms with van der Waals surface area (Å²) in [4.78, 5) is 11.8. The van der Waals surface area contributed by atoms with Crippen LogP contribution in [-0.2, 0) is 9.53 Å². The van der Waals surface area contributed by atoms with Crippen LogP contribution in [0.15, 0.2) is 0 Å². The highest BCUT2D eigenvalue weighted by Crippen LogP contribution is 2.25. The van der Waals surface area contributed by atoms with Gasteiger partial charge in [0.2, 0.25) is 5.91 Å². The number of carbonyl (C=O) groups excluding carboxylic acids is 1. The molecule has 0 aromatic rings. The molecule has 0 aromatic heterocycles. The second kappa shape index (κ2) is 7.99. The van der Waals surface area contributed by atoms with Crippen LogP contribution in [0.4, 0.5) is 0 Å². The lowest BCUT2D eigenvalue weighted by atomic mass is 9.93. The van der Waals surface area contributed by atoms with E-state index in [1.807, 2.05) is 0 Å². The molecular formula is C16H30N2O2. The van der Waals surface area contributed by atoms with Crippen LogP contribution in [0.25, 0.3) is 0 Å². The molecule has 3 N–H and O–H groups in total. The molecule has 4 heteroatoms. The van der Waals surface area contributed by atoms with E-state index in [0.29, 0.717) is 12.6 Å². The standard InChI is InChI=1S/C16H30N2O2/c17-16(10-6-1-2-7-11-16)13-20-12-15(19)18-14-8-4-3-5-9-14/h14H,1-13,17H2,(H,18,19). The molecule has 0 radical (unpaired) electrons. The summed E-state index contributed by atoms with van der Waals surface area (Å²) >= 11 is 0. The second-order valence-electron chi connectivity index (χ2n) is 6.67. The number of amides is 1. The highest BCUT2D eigenvalue weighted by atomic mass is 16.5. The first kappa shape index (κ1) is 15.8. The molecule has 0 unspecified atom stereocenters. The Morgan fingerprint density at radius 1 is 1.05 bits per heavy atom. The zero-order chi connectivity index (χ0) is 14.3. The van der Waals surface area contributed by atoms with Gasteiger partial charge in [-0.05, 0) is 25.7 Å². The molecular weight excluding hydrogens is 252 g/mol. The number of rotatable bonds is 5. The Bertz CT molecular complexity index is 293. The Morgan fingerprint density at radius 2 is 1.65 bits per heavy atom. The van der Waals surface area contributed by atoms with Crippen LogP contribution in [0, 0.1) is 0 Å². The third kappa shape index (κ3) is 5.41. The van der Waals surface area contributed by atoms with E-state index < -0.39 is 0 Å². The Morgan fingerprint density at radius 3 is 2.30 bits per heavy atom. The minimum absolute atomic E-state index is 0.0223. The van der Waals surface area contributed by atoms with Crippen LogP contribution in [0.3, 0.4) is 0 Å². The van der Waals surface area contributed by atoms with Crippen LogP contribution in [-0.4, -0.2) is 30.7 Å². The van der Waals surface area contributed by atoms with E-state index >= 15 is 0 Å². The van der Waals surface area contributed by atoms with E-state index in [2.05, 4.69) is 5.32 Å². The molecule has 2 rings (SSSR count). The van der Waals surface area contributed by atoms with Gasteiger partial charge >= 0.3 is 0 Å². The van der Waals surface area contributed by atoms with Crippen molar-refractivity contribution in [3.8, 4) is 0 Å². The number of carbonyl (C=O) groups is 1. The van der Waals surface area contributed by atoms with Crippen LogP contribution in [0.2, 0.25) is 0 Å². The second-order valence-corrected chi connectivity index (χ2v) is 6.67. The summed E-state index contributed by atoms with van der Waals surface area (Å²) < 4.78 is 5.60. The maximum Gasteiger partial charge on any atom is 0.246 e. The maximum absolute atomic E-state index is 11.8. The number of ether oxygens (including phenoxy) is 1. The largest absolute Gasteiger partial charge is 0.370 e. The fourth-order valence-electron chi connectivity index (χ4n) is 3.44. The van der Waals surface area contributed by atoms with Crippen molar-refractivity contribution < 1.29 is 9.53 Å². The van der Waals surface area contributed by atoms with E-state index in [0.717, 1.165) is 25.7 Å². The summed E-state index contributed by atoms with van der Waals surface area (Å²) in [6.07, 6.45) is 13.0. The summed E-state index contributed by atoms with van der Waals surface area (Å²) in [5, 5.41) is 3.08. The van der Waals surface area contributed by atoms with E-state index in [-0.39, 0.29) is 18.1 Å². The maximum atomic E-state index is 11.8. The summed E-state index contributed by atoms with van der Waals surface area (Å²) in [5.74, 6) is 0.0223. The topological polar surface area (TPSA) is 64.3 Å². The van der Waals surface area contributed by atoms with Crippen LogP contribution in [0.1, 0.15) is 70.6 Å². The molecule has 0 saturated heterocycles. The third-order valence-electron chi connectivity index (χ3n) is 4.69. The van der Waals surface area contributed by atoms with Crippen molar-refractivity contribution >= 4 is 5.91 Å². The van der Waals surface area contributed by atoms with E-state index in [1.54, 1.807) is 0 Å². The summed E-state index contributed by atoms with van der Waals surface area (Å²) in [6.45, 7) is 0.681. The number of hydrogen-bond donors (Lipinski definition) is 2. The molecule has 2 saturated carbocycles. The smallest absolute Gasteiger partial charge is 0.246 e. The van der Waals surface area contributed by atoms with Gasteiger partial charge in [-0.1, -0.05) is 44.9 Å². The lowest BCUT2D eigenvalue weighted by molar-refractivity contribution is -0.127. The van der Waals surface area contributed by atoms with Crippen LogP contribution >= 0.6 is 0 Å². The normalized spacial score (nSPS) is 24.1. The zero-order valence-electron chi connectivity index (χ0n) is 12.7. The number of hydrogen-bond acceptors (Lipinski definition) is 3. The van der Waals surface area contributed by atoms with Gasteiger partial charge in [0.05, 0.1) is 6.61 Å². The lowest BCUT2D eigenvalue weighted by Gasteiger charge is -2.28. The molecule has 0 aliphatic heterocycles. The van der Waals surface area contributed by atoms with Crippen molar-refractivity contribution in [3.05, 3.63) is 0 Å². The molecule has 0 aromatic carbocycles. The first-order valence-corrected chi connectivity index (χ1v) is 8.34. The first-order valence-electron chi connectivity index (χ1n) is 8.34. The molecule has 0 heterocycles. The van der Waals surface area contributed by atoms with Crippen molar-refractivity contribution in [1.82, 2.24) is 5.32 Å². The molecule has 20 heavy (non-hydrogen) atoms. The fraction of sp³-hybridized carbons (Fsp3) is 0.938. The van der Waals surface area contributed by atoms with Gasteiger partial charge in [-0.3, -0.25) is 4.79 Å². The zero-order valence-corrected chi connectivity index (χ0v) is 12.7. The van der Waals surface area contributed by atoms with Gasteiger partial charge in [0.25, 0.3) is 0 Å². The summed E-state index contributed by atoms with van der Waals surface area (Å²) in [7, 11) is 0. The van der Waals surface area contributed by atoms with Crippen LogP contribution < -0.4 is 11.1 Å². The fourth-order valence-corrected chi connectivity index (χ4v) is 3.44. The average molecular weight is 282 g/mol. The molecule has 1 amide bonds. The molecule has 2 aliphatic carbocycles. The van der Waals surface area contributed by atoms with Crippen molar-refractivity contribution in [3.63, 3.8) is 0 Å². The molecule has 0 atom stereocenters. The Balaban J connectivity index is 1.62. The van der Waals surface area contributed by atoms with Gasteiger partial charge in [0.1, 0.15) is 6.61 Å². The minimum atomic E-state index is -0.207. The Hall–Kier alpha value is -0.610. The molecule has 0 spiro atoms. The van der Waals surface area contributed by atoms with Gasteiger partial charge in [-0.15, -0.1) is 0 Å². The van der Waals surface area contributed by atoms with E-state index in [1.165, 1.54) is 44.9 Å². The molecule has 4 nitrogen and oxygen atoms in total. The highest BCUT2D eigenvalue weighted by Gasteiger charge is 2.26. The van der Waals surface area contributed by atoms with Crippen molar-refractivity contribution in [2.75, 3.05) is 13.2 Å². The summed E-state index contributed by atoms with van der Waals surface area (Å²) in [6, 6.07) is 0.365. The Labute approximate surface area is 122 Å². The molecule has 2 fully saturated rings. The monoisotopic (exact) mass is 282 g/mol.